The molecule has 0 aromatic carbocycles. The van der Waals surface area contributed by atoms with Gasteiger partial charge in [-0.25, -0.2) is 0 Å². The third kappa shape index (κ3) is 2.41. The minimum Gasteiger partial charge on any atom is -0.379 e. The molecule has 0 aromatic rings. The number of nitrogens with one attached hydrogen (secondary N) is 1. The first-order valence-electron chi connectivity index (χ1n) is 7.39. The monoisotopic (exact) mass is 252 g/mol. The smallest absolute Gasteiger partial charge is 0.240 e. The summed E-state index contributed by atoms with van der Waals surface area (Å²) >= 11 is 0. The van der Waals surface area contributed by atoms with E-state index < -0.39 is 0 Å². The van der Waals surface area contributed by atoms with Crippen molar-refractivity contribution in [1.29, 1.82) is 0 Å². The van der Waals surface area contributed by atoms with Crippen LogP contribution in [0.1, 0.15) is 44.9 Å². The molecule has 1 saturated heterocycles. The van der Waals surface area contributed by atoms with E-state index in [0.29, 0.717) is 18.0 Å². The highest BCUT2D eigenvalue weighted by atomic mass is 16.5. The van der Waals surface area contributed by atoms with Gasteiger partial charge in [-0.05, 0) is 44.9 Å². The second-order valence-corrected chi connectivity index (χ2v) is 5.94. The lowest BCUT2D eigenvalue weighted by Crippen LogP contribution is -2.56. The first-order valence-corrected chi connectivity index (χ1v) is 7.39. The summed E-state index contributed by atoms with van der Waals surface area (Å²) in [6, 6.07) is 1.01. The lowest BCUT2D eigenvalue weighted by atomic mass is 10.0. The molecule has 1 N–H and O–H groups in total. The van der Waals surface area contributed by atoms with Gasteiger partial charge >= 0.3 is 0 Å². The number of carbonyl (C=O) groups is 1. The Morgan fingerprint density at radius 3 is 2.72 bits per heavy atom. The number of hydrogen-bond donors (Lipinski definition) is 1. The summed E-state index contributed by atoms with van der Waals surface area (Å²) < 4.78 is 5.54. The van der Waals surface area contributed by atoms with Crippen molar-refractivity contribution < 1.29 is 9.53 Å². The van der Waals surface area contributed by atoms with E-state index in [2.05, 4.69) is 10.2 Å². The molecule has 0 bridgehead atoms. The number of likely N-dealkylation sites (tertiary alicyclic amines) is 1. The van der Waals surface area contributed by atoms with Gasteiger partial charge in [-0.3, -0.25) is 4.79 Å². The molecule has 3 fully saturated rings. The predicted octanol–water partition coefficient (Wildman–Crippen LogP) is 1.30. The van der Waals surface area contributed by atoms with Crippen LogP contribution in [-0.4, -0.2) is 48.7 Å². The van der Waals surface area contributed by atoms with E-state index in [0.717, 1.165) is 32.2 Å². The van der Waals surface area contributed by atoms with Crippen molar-refractivity contribution in [3.05, 3.63) is 0 Å². The van der Waals surface area contributed by atoms with E-state index in [9.17, 15) is 4.79 Å². The van der Waals surface area contributed by atoms with Gasteiger partial charge in [-0.2, -0.15) is 0 Å². The zero-order chi connectivity index (χ0) is 12.5. The fourth-order valence-electron chi connectivity index (χ4n) is 3.46. The van der Waals surface area contributed by atoms with Crippen molar-refractivity contribution in [2.75, 3.05) is 13.7 Å². The van der Waals surface area contributed by atoms with Crippen LogP contribution < -0.4 is 5.32 Å². The molecule has 0 aromatic heterocycles. The number of nitrogens with zero attached hydrogens (tertiary/aromatic N) is 1. The second kappa shape index (κ2) is 5.17. The van der Waals surface area contributed by atoms with Crippen molar-refractivity contribution in [2.45, 2.75) is 69.2 Å². The zero-order valence-corrected chi connectivity index (χ0v) is 11.2. The standard InChI is InChI=1S/C14H24N2O2/c1-18-13-6-2-5-12(13)16-9-3-4-11(14(16)17)15-10-7-8-10/h10-13,15H,2-9H2,1H3. The third-order valence-corrected chi connectivity index (χ3v) is 4.61. The van der Waals surface area contributed by atoms with Crippen LogP contribution in [-0.2, 0) is 9.53 Å². The van der Waals surface area contributed by atoms with Gasteiger partial charge in [-0.1, -0.05) is 0 Å². The van der Waals surface area contributed by atoms with Crippen molar-refractivity contribution >= 4 is 5.91 Å². The molecule has 2 aliphatic carbocycles. The number of rotatable bonds is 4. The average molecular weight is 252 g/mol. The molecule has 4 heteroatoms. The van der Waals surface area contributed by atoms with Crippen LogP contribution in [0.25, 0.3) is 0 Å². The fourth-order valence-corrected chi connectivity index (χ4v) is 3.46. The zero-order valence-electron chi connectivity index (χ0n) is 11.2. The molecule has 3 atom stereocenters. The minimum atomic E-state index is 0.0735. The van der Waals surface area contributed by atoms with Crippen LogP contribution in [0.2, 0.25) is 0 Å². The van der Waals surface area contributed by atoms with Crippen LogP contribution >= 0.6 is 0 Å². The van der Waals surface area contributed by atoms with Gasteiger partial charge in [-0.15, -0.1) is 0 Å². The molecule has 102 valence electrons. The van der Waals surface area contributed by atoms with Gasteiger partial charge in [0.2, 0.25) is 5.91 Å². The van der Waals surface area contributed by atoms with Crippen molar-refractivity contribution in [3.8, 4) is 0 Å². The Kier molecular flexibility index (Phi) is 3.57. The molecular weight excluding hydrogens is 228 g/mol. The summed E-state index contributed by atoms with van der Waals surface area (Å²) in [5.74, 6) is 0.321. The highest BCUT2D eigenvalue weighted by Crippen LogP contribution is 2.30. The Hall–Kier alpha value is -0.610. The van der Waals surface area contributed by atoms with Gasteiger partial charge in [0, 0.05) is 19.7 Å². The Bertz CT molecular complexity index is 317. The Morgan fingerprint density at radius 1 is 1.17 bits per heavy atom. The Labute approximate surface area is 109 Å². The first kappa shape index (κ1) is 12.4. The van der Waals surface area contributed by atoms with E-state index >= 15 is 0 Å². The summed E-state index contributed by atoms with van der Waals surface area (Å²) in [5.41, 5.74) is 0. The Balaban J connectivity index is 1.65. The second-order valence-electron chi connectivity index (χ2n) is 5.94. The largest absolute Gasteiger partial charge is 0.379 e. The summed E-state index contributed by atoms with van der Waals surface area (Å²) in [5, 5.41) is 3.50. The topological polar surface area (TPSA) is 41.6 Å². The lowest BCUT2D eigenvalue weighted by molar-refractivity contribution is -0.141. The van der Waals surface area contributed by atoms with E-state index in [1.165, 1.54) is 19.3 Å². The quantitative estimate of drug-likeness (QED) is 0.820. The van der Waals surface area contributed by atoms with Gasteiger partial charge < -0.3 is 15.0 Å². The predicted molar refractivity (Wildman–Crippen MR) is 69.3 cm³/mol. The SMILES string of the molecule is COC1CCCC1N1CCCC(NC2CC2)C1=O. The number of amides is 1. The minimum absolute atomic E-state index is 0.0735. The highest BCUT2D eigenvalue weighted by molar-refractivity contribution is 5.83. The van der Waals surface area contributed by atoms with Crippen LogP contribution in [0.3, 0.4) is 0 Å². The summed E-state index contributed by atoms with van der Waals surface area (Å²) in [6.07, 6.45) is 8.29. The third-order valence-electron chi connectivity index (χ3n) is 4.61. The number of hydrogen-bond acceptors (Lipinski definition) is 3. The molecule has 3 aliphatic rings. The number of carbonyl (C=O) groups excluding carboxylic acids is 1. The molecular formula is C14H24N2O2. The van der Waals surface area contributed by atoms with Crippen LogP contribution in [0.15, 0.2) is 0 Å². The summed E-state index contributed by atoms with van der Waals surface area (Å²) in [4.78, 5) is 14.6. The maximum absolute atomic E-state index is 12.5. The number of piperidine rings is 1. The average Bonchev–Trinajstić information content (AvgIpc) is 3.07. The number of methoxy groups -OCH3 is 1. The van der Waals surface area contributed by atoms with Gasteiger partial charge in [0.15, 0.2) is 0 Å². The summed E-state index contributed by atoms with van der Waals surface area (Å²) in [6.45, 7) is 0.923. The van der Waals surface area contributed by atoms with Gasteiger partial charge in [0.05, 0.1) is 18.2 Å². The van der Waals surface area contributed by atoms with E-state index in [4.69, 9.17) is 4.74 Å². The van der Waals surface area contributed by atoms with Gasteiger partial charge in [0.1, 0.15) is 0 Å². The number of ether oxygens (including phenoxy) is 1. The van der Waals surface area contributed by atoms with Crippen LogP contribution in [0.4, 0.5) is 0 Å². The fraction of sp³-hybridized carbons (Fsp3) is 0.929. The molecule has 18 heavy (non-hydrogen) atoms. The molecule has 1 aliphatic heterocycles. The molecule has 3 unspecified atom stereocenters. The normalized spacial score (nSPS) is 37.3. The maximum atomic E-state index is 12.5. The molecule has 0 spiro atoms. The van der Waals surface area contributed by atoms with Crippen molar-refractivity contribution in [3.63, 3.8) is 0 Å². The van der Waals surface area contributed by atoms with Crippen molar-refractivity contribution in [1.82, 2.24) is 10.2 Å². The van der Waals surface area contributed by atoms with Crippen molar-refractivity contribution in [2.24, 2.45) is 0 Å². The molecule has 2 saturated carbocycles. The van der Waals surface area contributed by atoms with E-state index in [-0.39, 0.29) is 12.1 Å². The van der Waals surface area contributed by atoms with E-state index in [1.54, 1.807) is 7.11 Å². The molecule has 0 radical (unpaired) electrons. The lowest BCUT2D eigenvalue weighted by Gasteiger charge is -2.38. The van der Waals surface area contributed by atoms with Gasteiger partial charge in [0.25, 0.3) is 0 Å². The van der Waals surface area contributed by atoms with E-state index in [1.807, 2.05) is 0 Å². The highest BCUT2D eigenvalue weighted by Gasteiger charge is 2.40. The first-order chi connectivity index (χ1) is 8.79. The summed E-state index contributed by atoms with van der Waals surface area (Å²) in [7, 11) is 1.78. The van der Waals surface area contributed by atoms with Crippen LogP contribution in [0, 0.1) is 0 Å². The molecule has 1 amide bonds. The molecule has 1 heterocycles. The molecule has 4 nitrogen and oxygen atoms in total. The molecule has 3 rings (SSSR count). The maximum Gasteiger partial charge on any atom is 0.240 e. The Morgan fingerprint density at radius 2 is 2.00 bits per heavy atom. The van der Waals surface area contributed by atoms with Crippen LogP contribution in [0.5, 0.6) is 0 Å².